The van der Waals surface area contributed by atoms with E-state index in [0.29, 0.717) is 13.1 Å². The third-order valence-electron chi connectivity index (χ3n) is 3.52. The number of imidazole rings is 1. The summed E-state index contributed by atoms with van der Waals surface area (Å²) >= 11 is 0. The monoisotopic (exact) mass is 294 g/mol. The van der Waals surface area contributed by atoms with E-state index in [9.17, 15) is 4.79 Å². The zero-order valence-corrected chi connectivity index (χ0v) is 12.2. The first-order chi connectivity index (χ1) is 10.8. The molecule has 0 aliphatic rings. The lowest BCUT2D eigenvalue weighted by atomic mass is 10.1. The normalized spacial score (nSPS) is 12.0. The standard InChI is InChI=1S/C17H18N4O/c22-17(19-9-13-20-12-8-18-14-20)16(21-10-4-5-11-21)15-6-2-1-3-7-15/h1-8,10-12,14,16H,9,13H2,(H,19,22). The first-order valence-electron chi connectivity index (χ1n) is 7.25. The molecule has 0 saturated heterocycles. The molecule has 0 saturated carbocycles. The Kier molecular flexibility index (Phi) is 4.34. The molecule has 1 amide bonds. The molecule has 5 nitrogen and oxygen atoms in total. The summed E-state index contributed by atoms with van der Waals surface area (Å²) in [5.74, 6) is -0.0116. The van der Waals surface area contributed by atoms with E-state index in [1.807, 2.05) is 70.2 Å². The highest BCUT2D eigenvalue weighted by molar-refractivity contribution is 5.83. The first kappa shape index (κ1) is 14.1. The summed E-state index contributed by atoms with van der Waals surface area (Å²) < 4.78 is 3.86. The van der Waals surface area contributed by atoms with Gasteiger partial charge < -0.3 is 14.5 Å². The Morgan fingerprint density at radius 2 is 1.86 bits per heavy atom. The second-order valence-electron chi connectivity index (χ2n) is 5.04. The molecule has 1 atom stereocenters. The van der Waals surface area contributed by atoms with E-state index in [2.05, 4.69) is 10.3 Å². The molecule has 2 heterocycles. The number of amides is 1. The van der Waals surface area contributed by atoms with Gasteiger partial charge in [0.1, 0.15) is 6.04 Å². The van der Waals surface area contributed by atoms with Gasteiger partial charge in [-0.25, -0.2) is 4.98 Å². The highest BCUT2D eigenvalue weighted by atomic mass is 16.2. The SMILES string of the molecule is O=C(NCCn1ccnc1)C(c1ccccc1)n1cccc1. The lowest BCUT2D eigenvalue weighted by molar-refractivity contribution is -0.123. The average molecular weight is 294 g/mol. The highest BCUT2D eigenvalue weighted by Gasteiger charge is 2.21. The molecule has 2 aromatic heterocycles. The van der Waals surface area contributed by atoms with E-state index in [0.717, 1.165) is 5.56 Å². The Morgan fingerprint density at radius 3 is 2.55 bits per heavy atom. The Bertz CT molecular complexity index is 690. The molecule has 1 N–H and O–H groups in total. The van der Waals surface area contributed by atoms with Crippen molar-refractivity contribution in [2.45, 2.75) is 12.6 Å². The zero-order chi connectivity index (χ0) is 15.2. The number of carbonyl (C=O) groups excluding carboxylic acids is 1. The molecule has 0 aliphatic heterocycles. The molecule has 0 radical (unpaired) electrons. The van der Waals surface area contributed by atoms with Crippen molar-refractivity contribution in [1.82, 2.24) is 19.4 Å². The van der Waals surface area contributed by atoms with Crippen LogP contribution in [-0.2, 0) is 11.3 Å². The quantitative estimate of drug-likeness (QED) is 0.757. The van der Waals surface area contributed by atoms with Crippen LogP contribution >= 0.6 is 0 Å². The zero-order valence-electron chi connectivity index (χ0n) is 12.2. The molecule has 0 fully saturated rings. The fourth-order valence-electron chi connectivity index (χ4n) is 2.44. The molecule has 1 unspecified atom stereocenters. The van der Waals surface area contributed by atoms with Crippen LogP contribution in [0.5, 0.6) is 0 Å². The molecule has 3 aromatic rings. The molecular weight excluding hydrogens is 276 g/mol. The number of benzene rings is 1. The minimum absolute atomic E-state index is 0.0116. The van der Waals surface area contributed by atoms with Crippen LogP contribution in [0.3, 0.4) is 0 Å². The van der Waals surface area contributed by atoms with Gasteiger partial charge in [0.2, 0.25) is 5.91 Å². The second-order valence-corrected chi connectivity index (χ2v) is 5.04. The van der Waals surface area contributed by atoms with Crippen LogP contribution in [-0.4, -0.2) is 26.6 Å². The summed E-state index contributed by atoms with van der Waals surface area (Å²) in [6.45, 7) is 1.28. The molecule has 1 aromatic carbocycles. The van der Waals surface area contributed by atoms with Gasteiger partial charge in [-0.15, -0.1) is 0 Å². The summed E-state index contributed by atoms with van der Waals surface area (Å²) in [5, 5.41) is 3.00. The van der Waals surface area contributed by atoms with Gasteiger partial charge in [0.05, 0.1) is 6.33 Å². The molecule has 3 rings (SSSR count). The second kappa shape index (κ2) is 6.76. The van der Waals surface area contributed by atoms with Crippen molar-refractivity contribution in [2.75, 3.05) is 6.54 Å². The maximum atomic E-state index is 12.6. The Hall–Kier alpha value is -2.82. The highest BCUT2D eigenvalue weighted by Crippen LogP contribution is 2.18. The van der Waals surface area contributed by atoms with Crippen molar-refractivity contribution in [3.8, 4) is 0 Å². The van der Waals surface area contributed by atoms with Crippen molar-refractivity contribution < 1.29 is 4.79 Å². The molecule has 112 valence electrons. The molecule has 0 spiro atoms. The number of rotatable bonds is 6. The summed E-state index contributed by atoms with van der Waals surface area (Å²) in [6, 6.07) is 13.3. The number of nitrogens with one attached hydrogen (secondary N) is 1. The topological polar surface area (TPSA) is 51.9 Å². The van der Waals surface area contributed by atoms with Gasteiger partial charge >= 0.3 is 0 Å². The molecule has 22 heavy (non-hydrogen) atoms. The van der Waals surface area contributed by atoms with Crippen molar-refractivity contribution >= 4 is 5.91 Å². The lowest BCUT2D eigenvalue weighted by Crippen LogP contribution is -2.34. The number of hydrogen-bond donors (Lipinski definition) is 1. The van der Waals surface area contributed by atoms with Gasteiger partial charge in [-0.1, -0.05) is 30.3 Å². The smallest absolute Gasteiger partial charge is 0.247 e. The van der Waals surface area contributed by atoms with Crippen LogP contribution in [0.2, 0.25) is 0 Å². The maximum Gasteiger partial charge on any atom is 0.247 e. The van der Waals surface area contributed by atoms with Crippen LogP contribution in [0.25, 0.3) is 0 Å². The lowest BCUT2D eigenvalue weighted by Gasteiger charge is -2.19. The van der Waals surface area contributed by atoms with Gasteiger partial charge in [0.15, 0.2) is 0 Å². The third-order valence-corrected chi connectivity index (χ3v) is 3.52. The van der Waals surface area contributed by atoms with Gasteiger partial charge in [0.25, 0.3) is 0 Å². The Balaban J connectivity index is 1.70. The van der Waals surface area contributed by atoms with E-state index >= 15 is 0 Å². The molecule has 0 aliphatic carbocycles. The third kappa shape index (κ3) is 3.25. The summed E-state index contributed by atoms with van der Waals surface area (Å²) in [6.07, 6.45) is 9.17. The van der Waals surface area contributed by atoms with Crippen LogP contribution in [0.1, 0.15) is 11.6 Å². The van der Waals surface area contributed by atoms with E-state index in [4.69, 9.17) is 0 Å². The summed E-state index contributed by atoms with van der Waals surface area (Å²) in [4.78, 5) is 16.6. The number of nitrogens with zero attached hydrogens (tertiary/aromatic N) is 3. The number of aromatic nitrogens is 3. The fraction of sp³-hybridized carbons (Fsp3) is 0.176. The first-order valence-corrected chi connectivity index (χ1v) is 7.25. The van der Waals surface area contributed by atoms with Crippen molar-refractivity contribution in [3.63, 3.8) is 0 Å². The Labute approximate surface area is 129 Å². The van der Waals surface area contributed by atoms with Gasteiger partial charge in [0, 0.05) is 37.9 Å². The van der Waals surface area contributed by atoms with E-state index < -0.39 is 0 Å². The predicted octanol–water partition coefficient (Wildman–Crippen LogP) is 2.09. The van der Waals surface area contributed by atoms with Crippen molar-refractivity contribution in [3.05, 3.63) is 79.1 Å². The van der Waals surface area contributed by atoms with Crippen LogP contribution < -0.4 is 5.32 Å². The molecule has 0 bridgehead atoms. The van der Waals surface area contributed by atoms with Crippen molar-refractivity contribution in [2.24, 2.45) is 0 Å². The minimum Gasteiger partial charge on any atom is -0.352 e. The molecular formula is C17H18N4O. The van der Waals surface area contributed by atoms with Crippen molar-refractivity contribution in [1.29, 1.82) is 0 Å². The van der Waals surface area contributed by atoms with Gasteiger partial charge in [-0.2, -0.15) is 0 Å². The summed E-state index contributed by atoms with van der Waals surface area (Å²) in [5.41, 5.74) is 0.971. The average Bonchev–Trinajstić information content (AvgIpc) is 3.22. The van der Waals surface area contributed by atoms with Crippen LogP contribution in [0.15, 0.2) is 73.6 Å². The Morgan fingerprint density at radius 1 is 1.09 bits per heavy atom. The molecule has 5 heteroatoms. The van der Waals surface area contributed by atoms with E-state index in [-0.39, 0.29) is 11.9 Å². The maximum absolute atomic E-state index is 12.6. The largest absolute Gasteiger partial charge is 0.352 e. The van der Waals surface area contributed by atoms with Gasteiger partial charge in [-0.3, -0.25) is 4.79 Å². The fourth-order valence-corrected chi connectivity index (χ4v) is 2.44. The summed E-state index contributed by atoms with van der Waals surface area (Å²) in [7, 11) is 0. The predicted molar refractivity (Wildman–Crippen MR) is 84.2 cm³/mol. The number of carbonyl (C=O) groups is 1. The van der Waals surface area contributed by atoms with Crippen LogP contribution in [0, 0.1) is 0 Å². The number of hydrogen-bond acceptors (Lipinski definition) is 2. The minimum atomic E-state index is -0.348. The van der Waals surface area contributed by atoms with Gasteiger partial charge in [-0.05, 0) is 17.7 Å². The van der Waals surface area contributed by atoms with E-state index in [1.54, 1.807) is 12.5 Å². The van der Waals surface area contributed by atoms with Crippen LogP contribution in [0.4, 0.5) is 0 Å². The van der Waals surface area contributed by atoms with E-state index in [1.165, 1.54) is 0 Å².